The summed E-state index contributed by atoms with van der Waals surface area (Å²) in [5.74, 6) is 0. The number of nitrogens with two attached hydrogens (primary N) is 1. The summed E-state index contributed by atoms with van der Waals surface area (Å²) in [5.41, 5.74) is 6.65. The number of benzene rings is 1. The Hall–Kier alpha value is -0.910. The number of sulfonamides is 1. The molecule has 1 aliphatic carbocycles. The molecule has 106 valence electrons. The van der Waals surface area contributed by atoms with Gasteiger partial charge in [0.2, 0.25) is 10.0 Å². The Morgan fingerprint density at radius 3 is 2.42 bits per heavy atom. The third-order valence-electron chi connectivity index (χ3n) is 3.60. The van der Waals surface area contributed by atoms with Gasteiger partial charge in [-0.25, -0.2) is 8.42 Å². The minimum Gasteiger partial charge on any atom is -0.329 e. The normalized spacial score (nSPS) is 17.6. The predicted molar refractivity (Wildman–Crippen MR) is 77.1 cm³/mol. The topological polar surface area (TPSA) is 63.4 Å². The van der Waals surface area contributed by atoms with Crippen LogP contribution >= 0.6 is 0 Å². The quantitative estimate of drug-likeness (QED) is 0.828. The Morgan fingerprint density at radius 1 is 1.32 bits per heavy atom. The molecule has 0 aromatic heterocycles. The molecule has 0 radical (unpaired) electrons. The van der Waals surface area contributed by atoms with E-state index < -0.39 is 15.3 Å². The van der Waals surface area contributed by atoms with Gasteiger partial charge in [0, 0.05) is 19.1 Å². The molecule has 0 heterocycles. The highest BCUT2D eigenvalue weighted by Crippen LogP contribution is 2.32. The van der Waals surface area contributed by atoms with E-state index in [9.17, 15) is 8.42 Å². The van der Waals surface area contributed by atoms with Gasteiger partial charge < -0.3 is 5.73 Å². The maximum absolute atomic E-state index is 12.6. The molecule has 0 spiro atoms. The van der Waals surface area contributed by atoms with Crippen molar-refractivity contribution in [2.45, 2.75) is 44.0 Å². The summed E-state index contributed by atoms with van der Waals surface area (Å²) < 4.78 is 26.9. The maximum Gasteiger partial charge on any atom is 0.218 e. The highest BCUT2D eigenvalue weighted by molar-refractivity contribution is 7.89. The molecule has 1 unspecified atom stereocenters. The van der Waals surface area contributed by atoms with Crippen LogP contribution in [0.15, 0.2) is 30.3 Å². The molecule has 4 nitrogen and oxygen atoms in total. The summed E-state index contributed by atoms with van der Waals surface area (Å²) in [6.45, 7) is 2.53. The maximum atomic E-state index is 12.6. The average Bonchev–Trinajstić information content (AvgIpc) is 3.22. The van der Waals surface area contributed by atoms with E-state index >= 15 is 0 Å². The van der Waals surface area contributed by atoms with Gasteiger partial charge in [-0.15, -0.1) is 0 Å². The Kier molecular flexibility index (Phi) is 4.60. The second kappa shape index (κ2) is 6.03. The predicted octanol–water partition coefficient (Wildman–Crippen LogP) is 1.72. The third-order valence-corrected chi connectivity index (χ3v) is 6.05. The smallest absolute Gasteiger partial charge is 0.218 e. The monoisotopic (exact) mass is 282 g/mol. The van der Waals surface area contributed by atoms with Crippen LogP contribution in [0.1, 0.15) is 31.7 Å². The highest BCUT2D eigenvalue weighted by atomic mass is 32.2. The van der Waals surface area contributed by atoms with Gasteiger partial charge in [-0.2, -0.15) is 4.31 Å². The van der Waals surface area contributed by atoms with Crippen LogP contribution in [0.3, 0.4) is 0 Å². The molecular weight excluding hydrogens is 260 g/mol. The molecule has 0 bridgehead atoms. The lowest BCUT2D eigenvalue weighted by atomic mass is 10.2. The van der Waals surface area contributed by atoms with Gasteiger partial charge in [0.15, 0.2) is 0 Å². The molecule has 2 rings (SSSR count). The minimum absolute atomic E-state index is 0.172. The number of nitrogens with zero attached hydrogens (tertiary/aromatic N) is 1. The molecule has 2 N–H and O–H groups in total. The van der Waals surface area contributed by atoms with Crippen molar-refractivity contribution < 1.29 is 8.42 Å². The Balaban J connectivity index is 2.21. The fourth-order valence-electron chi connectivity index (χ4n) is 2.24. The first-order valence-electron chi connectivity index (χ1n) is 6.84. The van der Waals surface area contributed by atoms with Gasteiger partial charge in [-0.05, 0) is 24.8 Å². The van der Waals surface area contributed by atoms with Crippen LogP contribution in [-0.4, -0.2) is 30.6 Å². The van der Waals surface area contributed by atoms with Crippen LogP contribution < -0.4 is 5.73 Å². The Morgan fingerprint density at radius 2 is 1.95 bits per heavy atom. The van der Waals surface area contributed by atoms with Gasteiger partial charge in [-0.1, -0.05) is 37.3 Å². The lowest BCUT2D eigenvalue weighted by molar-refractivity contribution is 0.390. The average molecular weight is 282 g/mol. The van der Waals surface area contributed by atoms with Crippen molar-refractivity contribution in [1.29, 1.82) is 0 Å². The van der Waals surface area contributed by atoms with Gasteiger partial charge in [0.1, 0.15) is 0 Å². The van der Waals surface area contributed by atoms with Crippen LogP contribution in [-0.2, 0) is 16.6 Å². The van der Waals surface area contributed by atoms with E-state index in [0.717, 1.165) is 18.4 Å². The summed E-state index contributed by atoms with van der Waals surface area (Å²) in [5, 5.41) is -0.461. The third kappa shape index (κ3) is 3.35. The summed E-state index contributed by atoms with van der Waals surface area (Å²) in [6, 6.07) is 9.92. The van der Waals surface area contributed by atoms with Crippen molar-refractivity contribution in [3.05, 3.63) is 35.9 Å². The second-order valence-electron chi connectivity index (χ2n) is 5.07. The lowest BCUT2D eigenvalue weighted by Crippen LogP contribution is -2.42. The van der Waals surface area contributed by atoms with Crippen molar-refractivity contribution in [3.8, 4) is 0 Å². The van der Waals surface area contributed by atoms with Crippen molar-refractivity contribution in [1.82, 2.24) is 4.31 Å². The lowest BCUT2D eigenvalue weighted by Gasteiger charge is -2.26. The zero-order chi connectivity index (χ0) is 13.9. The molecule has 1 saturated carbocycles. The molecule has 0 amide bonds. The number of hydrogen-bond donors (Lipinski definition) is 1. The zero-order valence-corrected chi connectivity index (χ0v) is 12.1. The van der Waals surface area contributed by atoms with E-state index in [1.165, 1.54) is 0 Å². The van der Waals surface area contributed by atoms with Gasteiger partial charge in [0.05, 0.1) is 5.25 Å². The minimum atomic E-state index is -3.29. The van der Waals surface area contributed by atoms with Crippen molar-refractivity contribution >= 4 is 10.0 Å². The largest absolute Gasteiger partial charge is 0.329 e. The molecule has 0 aliphatic heterocycles. The highest BCUT2D eigenvalue weighted by Gasteiger charge is 2.40. The first kappa shape index (κ1) is 14.5. The molecule has 1 aromatic rings. The van der Waals surface area contributed by atoms with E-state index in [2.05, 4.69) is 0 Å². The van der Waals surface area contributed by atoms with E-state index in [4.69, 9.17) is 5.73 Å². The van der Waals surface area contributed by atoms with Gasteiger partial charge in [0.25, 0.3) is 0 Å². The fraction of sp³-hybridized carbons (Fsp3) is 0.571. The van der Waals surface area contributed by atoms with Crippen LogP contribution in [0.4, 0.5) is 0 Å². The number of rotatable bonds is 7. The summed E-state index contributed by atoms with van der Waals surface area (Å²) in [6.07, 6.45) is 2.50. The van der Waals surface area contributed by atoms with E-state index in [0.29, 0.717) is 13.0 Å². The van der Waals surface area contributed by atoms with Crippen LogP contribution in [0, 0.1) is 0 Å². The second-order valence-corrected chi connectivity index (χ2v) is 7.24. The molecule has 0 saturated heterocycles. The molecule has 1 aliphatic rings. The Bertz CT molecular complexity index is 493. The van der Waals surface area contributed by atoms with E-state index in [1.54, 1.807) is 4.31 Å². The van der Waals surface area contributed by atoms with Crippen LogP contribution in [0.5, 0.6) is 0 Å². The van der Waals surface area contributed by atoms with Gasteiger partial charge >= 0.3 is 0 Å². The molecule has 19 heavy (non-hydrogen) atoms. The standard InChI is InChI=1S/C14H22N2O2S/c1-2-14(10-15)19(17,18)16(13-8-9-13)11-12-6-4-3-5-7-12/h3-7,13-14H,2,8-11,15H2,1H3. The Labute approximate surface area is 115 Å². The fourth-order valence-corrected chi connectivity index (χ4v) is 4.25. The first-order valence-corrected chi connectivity index (χ1v) is 8.34. The zero-order valence-electron chi connectivity index (χ0n) is 11.3. The molecule has 1 atom stereocenters. The van der Waals surface area contributed by atoms with Gasteiger partial charge in [-0.3, -0.25) is 0 Å². The van der Waals surface area contributed by atoms with Crippen molar-refractivity contribution in [2.24, 2.45) is 5.73 Å². The van der Waals surface area contributed by atoms with Crippen LogP contribution in [0.2, 0.25) is 0 Å². The van der Waals surface area contributed by atoms with Crippen LogP contribution in [0.25, 0.3) is 0 Å². The van der Waals surface area contributed by atoms with Crippen molar-refractivity contribution in [2.75, 3.05) is 6.54 Å². The summed E-state index contributed by atoms with van der Waals surface area (Å²) in [4.78, 5) is 0. The first-order chi connectivity index (χ1) is 9.09. The summed E-state index contributed by atoms with van der Waals surface area (Å²) in [7, 11) is -3.29. The molecule has 1 fully saturated rings. The van der Waals surface area contributed by atoms with E-state index in [1.807, 2.05) is 37.3 Å². The summed E-state index contributed by atoms with van der Waals surface area (Å²) >= 11 is 0. The molecule has 1 aromatic carbocycles. The van der Waals surface area contributed by atoms with Crippen molar-refractivity contribution in [3.63, 3.8) is 0 Å². The number of hydrogen-bond acceptors (Lipinski definition) is 3. The molecule has 5 heteroatoms. The van der Waals surface area contributed by atoms with E-state index in [-0.39, 0.29) is 12.6 Å². The SMILES string of the molecule is CCC(CN)S(=O)(=O)N(Cc1ccccc1)C1CC1. The molecular formula is C14H22N2O2S.